The molecule has 1 saturated heterocycles. The molecule has 0 aromatic rings. The number of amides is 1. The summed E-state index contributed by atoms with van der Waals surface area (Å²) in [5.41, 5.74) is -0.275. The molecule has 1 saturated carbocycles. The number of likely N-dealkylation sites (tertiary alicyclic amines) is 1. The maximum absolute atomic E-state index is 12.2. The van der Waals surface area contributed by atoms with E-state index in [2.05, 4.69) is 0 Å². The van der Waals surface area contributed by atoms with Gasteiger partial charge in [-0.05, 0) is 32.6 Å². The van der Waals surface area contributed by atoms with Crippen molar-refractivity contribution < 1.29 is 9.59 Å². The summed E-state index contributed by atoms with van der Waals surface area (Å²) in [6, 6.07) is 0. The Labute approximate surface area is 110 Å². The number of carbonyl (C=O) groups excluding carboxylic acids is 2. The zero-order valence-corrected chi connectivity index (χ0v) is 11.7. The van der Waals surface area contributed by atoms with Gasteiger partial charge in [0.25, 0.3) is 0 Å². The lowest BCUT2D eigenvalue weighted by atomic mass is 9.81. The number of Topliss-reactive ketones (excluding diaryl/α,β-unsaturated/α-hetero) is 1. The van der Waals surface area contributed by atoms with Crippen LogP contribution >= 0.6 is 0 Å². The van der Waals surface area contributed by atoms with Gasteiger partial charge in [-0.1, -0.05) is 19.3 Å². The summed E-state index contributed by atoms with van der Waals surface area (Å²) in [4.78, 5) is 25.6. The quantitative estimate of drug-likeness (QED) is 0.770. The number of rotatable bonds is 4. The zero-order valence-electron chi connectivity index (χ0n) is 11.7. The maximum Gasteiger partial charge on any atom is 0.223 e. The second-order valence-corrected chi connectivity index (χ2v) is 6.51. The molecule has 2 fully saturated rings. The van der Waals surface area contributed by atoms with Crippen molar-refractivity contribution in [3.8, 4) is 0 Å². The molecule has 0 aromatic heterocycles. The SMILES string of the molecule is CC1(C)CC(=O)CCN1C(=O)CCCC1CCC1. The molecule has 0 radical (unpaired) electrons. The van der Waals surface area contributed by atoms with Crippen LogP contribution in [0.15, 0.2) is 0 Å². The largest absolute Gasteiger partial charge is 0.337 e. The van der Waals surface area contributed by atoms with Crippen LogP contribution in [0.5, 0.6) is 0 Å². The van der Waals surface area contributed by atoms with E-state index in [0.29, 0.717) is 31.6 Å². The van der Waals surface area contributed by atoms with E-state index in [4.69, 9.17) is 0 Å². The first-order chi connectivity index (χ1) is 8.49. The van der Waals surface area contributed by atoms with Gasteiger partial charge in [-0.2, -0.15) is 0 Å². The minimum atomic E-state index is -0.275. The van der Waals surface area contributed by atoms with E-state index in [0.717, 1.165) is 12.3 Å². The number of nitrogens with zero attached hydrogens (tertiary/aromatic N) is 1. The Bertz CT molecular complexity index is 331. The zero-order chi connectivity index (χ0) is 13.2. The topological polar surface area (TPSA) is 37.4 Å². The second kappa shape index (κ2) is 5.41. The Morgan fingerprint density at radius 1 is 1.39 bits per heavy atom. The molecule has 0 N–H and O–H groups in total. The van der Waals surface area contributed by atoms with Crippen molar-refractivity contribution >= 4 is 11.7 Å². The molecular formula is C15H25NO2. The highest BCUT2D eigenvalue weighted by Gasteiger charge is 2.36. The highest BCUT2D eigenvalue weighted by Crippen LogP contribution is 2.31. The Morgan fingerprint density at radius 3 is 2.67 bits per heavy atom. The van der Waals surface area contributed by atoms with Crippen LogP contribution in [0.25, 0.3) is 0 Å². The molecule has 3 nitrogen and oxygen atoms in total. The maximum atomic E-state index is 12.2. The first-order valence-corrected chi connectivity index (χ1v) is 7.31. The van der Waals surface area contributed by atoms with Crippen LogP contribution < -0.4 is 0 Å². The van der Waals surface area contributed by atoms with E-state index in [1.165, 1.54) is 25.7 Å². The first kappa shape index (κ1) is 13.6. The summed E-state index contributed by atoms with van der Waals surface area (Å²) in [6.45, 7) is 4.63. The molecule has 1 aliphatic carbocycles. The van der Waals surface area contributed by atoms with Gasteiger partial charge in [0.1, 0.15) is 5.78 Å². The summed E-state index contributed by atoms with van der Waals surface area (Å²) < 4.78 is 0. The Morgan fingerprint density at radius 2 is 2.11 bits per heavy atom. The molecule has 0 unspecified atom stereocenters. The Kier molecular flexibility index (Phi) is 4.08. The third kappa shape index (κ3) is 3.12. The molecule has 0 aromatic carbocycles. The summed E-state index contributed by atoms with van der Waals surface area (Å²) in [6.07, 6.45) is 8.03. The van der Waals surface area contributed by atoms with Crippen LogP contribution in [0.2, 0.25) is 0 Å². The molecule has 18 heavy (non-hydrogen) atoms. The van der Waals surface area contributed by atoms with Crippen molar-refractivity contribution in [1.82, 2.24) is 4.90 Å². The van der Waals surface area contributed by atoms with E-state index in [9.17, 15) is 9.59 Å². The smallest absolute Gasteiger partial charge is 0.223 e. The number of ketones is 1. The van der Waals surface area contributed by atoms with Crippen molar-refractivity contribution in [2.75, 3.05) is 6.54 Å². The number of hydrogen-bond acceptors (Lipinski definition) is 2. The van der Waals surface area contributed by atoms with Gasteiger partial charge in [0.05, 0.1) is 0 Å². The van der Waals surface area contributed by atoms with Crippen molar-refractivity contribution in [3.63, 3.8) is 0 Å². The Hall–Kier alpha value is -0.860. The summed E-state index contributed by atoms with van der Waals surface area (Å²) in [7, 11) is 0. The molecule has 0 bridgehead atoms. The van der Waals surface area contributed by atoms with Crippen LogP contribution in [0.4, 0.5) is 0 Å². The molecule has 3 heteroatoms. The molecular weight excluding hydrogens is 226 g/mol. The number of hydrogen-bond donors (Lipinski definition) is 0. The van der Waals surface area contributed by atoms with Crippen LogP contribution in [0.3, 0.4) is 0 Å². The van der Waals surface area contributed by atoms with E-state index in [-0.39, 0.29) is 11.4 Å². The molecule has 1 amide bonds. The van der Waals surface area contributed by atoms with Crippen molar-refractivity contribution in [2.45, 2.75) is 70.8 Å². The van der Waals surface area contributed by atoms with Gasteiger partial charge < -0.3 is 4.90 Å². The molecule has 1 aliphatic heterocycles. The van der Waals surface area contributed by atoms with Crippen molar-refractivity contribution in [3.05, 3.63) is 0 Å². The fourth-order valence-electron chi connectivity index (χ4n) is 3.13. The lowest BCUT2D eigenvalue weighted by molar-refractivity contribution is -0.142. The highest BCUT2D eigenvalue weighted by atomic mass is 16.2. The second-order valence-electron chi connectivity index (χ2n) is 6.51. The van der Waals surface area contributed by atoms with Crippen LogP contribution in [-0.4, -0.2) is 28.7 Å². The lowest BCUT2D eigenvalue weighted by Gasteiger charge is -2.42. The fraction of sp³-hybridized carbons (Fsp3) is 0.867. The monoisotopic (exact) mass is 251 g/mol. The lowest BCUT2D eigenvalue weighted by Crippen LogP contribution is -2.53. The molecule has 2 rings (SSSR count). The van der Waals surface area contributed by atoms with Gasteiger partial charge in [-0.3, -0.25) is 9.59 Å². The number of carbonyl (C=O) groups is 2. The van der Waals surface area contributed by atoms with Gasteiger partial charge in [0.2, 0.25) is 5.91 Å². The predicted molar refractivity (Wildman–Crippen MR) is 71.2 cm³/mol. The van der Waals surface area contributed by atoms with Crippen LogP contribution in [0, 0.1) is 5.92 Å². The standard InChI is InChI=1S/C15H25NO2/c1-15(2)11-13(17)9-10-16(15)14(18)8-4-7-12-5-3-6-12/h12H,3-11H2,1-2H3. The first-order valence-electron chi connectivity index (χ1n) is 7.31. The van der Waals surface area contributed by atoms with Gasteiger partial charge in [-0.25, -0.2) is 0 Å². The van der Waals surface area contributed by atoms with Crippen LogP contribution in [0.1, 0.15) is 65.2 Å². The van der Waals surface area contributed by atoms with Crippen molar-refractivity contribution in [1.29, 1.82) is 0 Å². The average molecular weight is 251 g/mol. The van der Waals surface area contributed by atoms with Crippen molar-refractivity contribution in [2.24, 2.45) is 5.92 Å². The van der Waals surface area contributed by atoms with E-state index in [1.807, 2.05) is 18.7 Å². The average Bonchev–Trinajstić information content (AvgIpc) is 2.19. The highest BCUT2D eigenvalue weighted by molar-refractivity contribution is 5.85. The third-order valence-electron chi connectivity index (χ3n) is 4.50. The van der Waals surface area contributed by atoms with E-state index in [1.54, 1.807) is 0 Å². The minimum absolute atomic E-state index is 0.242. The predicted octanol–water partition coefficient (Wildman–Crippen LogP) is 2.93. The fourth-order valence-corrected chi connectivity index (χ4v) is 3.13. The third-order valence-corrected chi connectivity index (χ3v) is 4.50. The molecule has 0 atom stereocenters. The molecule has 102 valence electrons. The Balaban J connectivity index is 1.78. The molecule has 2 aliphatic rings. The summed E-state index contributed by atoms with van der Waals surface area (Å²) in [5, 5.41) is 0. The van der Waals surface area contributed by atoms with Gasteiger partial charge in [0, 0.05) is 31.3 Å². The van der Waals surface area contributed by atoms with Crippen LogP contribution in [-0.2, 0) is 9.59 Å². The van der Waals surface area contributed by atoms with E-state index < -0.39 is 0 Å². The number of piperidine rings is 1. The molecule has 1 heterocycles. The normalized spacial score (nSPS) is 23.9. The summed E-state index contributed by atoms with van der Waals surface area (Å²) >= 11 is 0. The minimum Gasteiger partial charge on any atom is -0.337 e. The van der Waals surface area contributed by atoms with Gasteiger partial charge >= 0.3 is 0 Å². The van der Waals surface area contributed by atoms with Gasteiger partial charge in [-0.15, -0.1) is 0 Å². The van der Waals surface area contributed by atoms with E-state index >= 15 is 0 Å². The van der Waals surface area contributed by atoms with Gasteiger partial charge in [0.15, 0.2) is 0 Å². The summed E-state index contributed by atoms with van der Waals surface area (Å²) in [5.74, 6) is 1.42. The molecule has 0 spiro atoms.